The van der Waals surface area contributed by atoms with Gasteiger partial charge in [0.05, 0.1) is 11.1 Å². The summed E-state index contributed by atoms with van der Waals surface area (Å²) in [6.07, 6.45) is 18.2. The summed E-state index contributed by atoms with van der Waals surface area (Å²) < 4.78 is 8.23. The molecule has 3 aliphatic rings. The van der Waals surface area contributed by atoms with Gasteiger partial charge in [-0.2, -0.15) is 0 Å². The van der Waals surface area contributed by atoms with E-state index in [2.05, 4.69) is 50.5 Å². The fourth-order valence-corrected chi connectivity index (χ4v) is 6.54. The number of anilines is 1. The number of hydrogen-bond donors (Lipinski definition) is 1. The quantitative estimate of drug-likeness (QED) is 0.360. The number of carbonyl (C=O) groups is 1. The van der Waals surface area contributed by atoms with Gasteiger partial charge in [-0.3, -0.25) is 4.79 Å². The summed E-state index contributed by atoms with van der Waals surface area (Å²) in [4.78, 5) is 26.5. The van der Waals surface area contributed by atoms with Crippen LogP contribution in [0.3, 0.4) is 0 Å². The van der Waals surface area contributed by atoms with Crippen LogP contribution in [-0.4, -0.2) is 49.9 Å². The molecule has 1 spiro atoms. The van der Waals surface area contributed by atoms with Crippen molar-refractivity contribution in [2.24, 2.45) is 18.4 Å². The van der Waals surface area contributed by atoms with E-state index in [-0.39, 0.29) is 6.10 Å². The number of nitrogen functional groups attached to an aromatic ring is 1. The Kier molecular flexibility index (Phi) is 6.41. The lowest BCUT2D eigenvalue weighted by Gasteiger charge is -2.43. The highest BCUT2D eigenvalue weighted by atomic mass is 16.5. The van der Waals surface area contributed by atoms with Crippen LogP contribution >= 0.6 is 0 Å². The van der Waals surface area contributed by atoms with Crippen LogP contribution in [0.15, 0.2) is 43.0 Å². The second-order valence-electron chi connectivity index (χ2n) is 11.4. The van der Waals surface area contributed by atoms with E-state index in [1.165, 1.54) is 11.9 Å². The highest BCUT2D eigenvalue weighted by Gasteiger charge is 2.36. The molecule has 6 rings (SSSR count). The first-order valence-electron chi connectivity index (χ1n) is 13.7. The van der Waals surface area contributed by atoms with Crippen LogP contribution in [0.1, 0.15) is 57.6 Å². The van der Waals surface area contributed by atoms with Crippen molar-refractivity contribution >= 4 is 28.7 Å². The number of pyridine rings is 1. The fraction of sp³-hybridized carbons (Fsp3) is 0.467. The van der Waals surface area contributed by atoms with E-state index < -0.39 is 0 Å². The van der Waals surface area contributed by atoms with Gasteiger partial charge in [0.1, 0.15) is 30.2 Å². The highest BCUT2D eigenvalue weighted by molar-refractivity contribution is 6.05. The van der Waals surface area contributed by atoms with E-state index in [0.29, 0.717) is 17.1 Å². The number of fused-ring (bicyclic) bond motifs is 1. The number of piperidine rings is 1. The van der Waals surface area contributed by atoms with E-state index in [1.54, 1.807) is 6.08 Å². The molecule has 0 amide bonds. The highest BCUT2D eigenvalue weighted by Crippen LogP contribution is 2.48. The molecule has 4 heterocycles. The average molecular weight is 513 g/mol. The van der Waals surface area contributed by atoms with Crippen molar-refractivity contribution in [3.8, 4) is 17.0 Å². The Morgan fingerprint density at radius 2 is 1.95 bits per heavy atom. The van der Waals surface area contributed by atoms with Crippen molar-refractivity contribution in [1.29, 1.82) is 0 Å². The van der Waals surface area contributed by atoms with Crippen molar-refractivity contribution in [2.45, 2.75) is 58.0 Å². The minimum atomic E-state index is 0.271. The normalized spacial score (nSPS) is 23.0. The molecule has 2 N–H and O–H groups in total. The van der Waals surface area contributed by atoms with Gasteiger partial charge in [0.25, 0.3) is 0 Å². The zero-order valence-corrected chi connectivity index (χ0v) is 22.3. The molecule has 0 bridgehead atoms. The zero-order valence-electron chi connectivity index (χ0n) is 22.3. The molecule has 0 radical (unpaired) electrons. The van der Waals surface area contributed by atoms with E-state index in [9.17, 15) is 4.79 Å². The molecule has 0 aromatic carbocycles. The molecule has 8 nitrogen and oxygen atoms in total. The third-order valence-electron chi connectivity index (χ3n) is 8.88. The Morgan fingerprint density at radius 1 is 1.13 bits per heavy atom. The molecule has 1 saturated carbocycles. The van der Waals surface area contributed by atoms with Gasteiger partial charge in [0, 0.05) is 49.7 Å². The Labute approximate surface area is 223 Å². The summed E-state index contributed by atoms with van der Waals surface area (Å²) in [6.45, 7) is 4.25. The van der Waals surface area contributed by atoms with Crippen LogP contribution in [0.25, 0.3) is 27.7 Å². The van der Waals surface area contributed by atoms with E-state index in [4.69, 9.17) is 10.5 Å². The lowest BCUT2D eigenvalue weighted by atomic mass is 9.68. The number of carbonyl (C=O) groups excluding carboxylic acids is 1. The van der Waals surface area contributed by atoms with Crippen molar-refractivity contribution < 1.29 is 9.53 Å². The fourth-order valence-electron chi connectivity index (χ4n) is 6.54. The van der Waals surface area contributed by atoms with E-state index in [1.807, 2.05) is 18.5 Å². The zero-order chi connectivity index (χ0) is 26.3. The number of aryl methyl sites for hydroxylation is 1. The van der Waals surface area contributed by atoms with Crippen LogP contribution in [0.4, 0.5) is 5.82 Å². The van der Waals surface area contributed by atoms with E-state index >= 15 is 0 Å². The molecule has 2 aliphatic carbocycles. The van der Waals surface area contributed by atoms with Crippen LogP contribution in [-0.2, 0) is 11.8 Å². The van der Waals surface area contributed by atoms with Gasteiger partial charge < -0.3 is 19.9 Å². The summed E-state index contributed by atoms with van der Waals surface area (Å²) in [6, 6.07) is 4.06. The summed E-state index contributed by atoms with van der Waals surface area (Å²) >= 11 is 0. The van der Waals surface area contributed by atoms with Gasteiger partial charge >= 0.3 is 0 Å². The van der Waals surface area contributed by atoms with Crippen molar-refractivity contribution in [3.05, 3.63) is 48.7 Å². The topological polar surface area (TPSA) is 99.2 Å². The first-order chi connectivity index (χ1) is 18.5. The molecule has 38 heavy (non-hydrogen) atoms. The Morgan fingerprint density at radius 3 is 2.61 bits per heavy atom. The molecule has 0 atom stereocenters. The second-order valence-corrected chi connectivity index (χ2v) is 11.4. The average Bonchev–Trinajstić information content (AvgIpc) is 3.22. The molecule has 1 aliphatic heterocycles. The molecular formula is C30H36N6O2. The predicted molar refractivity (Wildman–Crippen MR) is 149 cm³/mol. The monoisotopic (exact) mass is 512 g/mol. The minimum Gasteiger partial charge on any atom is -0.474 e. The van der Waals surface area contributed by atoms with Crippen molar-refractivity contribution in [2.75, 3.05) is 18.8 Å². The molecule has 198 valence electrons. The van der Waals surface area contributed by atoms with Gasteiger partial charge in [-0.25, -0.2) is 15.0 Å². The smallest absolute Gasteiger partial charge is 0.213 e. The number of likely N-dealkylation sites (tertiary alicyclic amines) is 1. The maximum absolute atomic E-state index is 10.7. The third-order valence-corrected chi connectivity index (χ3v) is 8.88. The number of nitrogens with two attached hydrogens (primary N) is 1. The van der Waals surface area contributed by atoms with Gasteiger partial charge in [0.15, 0.2) is 0 Å². The van der Waals surface area contributed by atoms with Gasteiger partial charge in [-0.1, -0.05) is 13.0 Å². The predicted octanol–water partition coefficient (Wildman–Crippen LogP) is 5.15. The molecule has 3 aromatic rings. The number of nitrogens with zero attached hydrogens (tertiary/aromatic N) is 5. The lowest BCUT2D eigenvalue weighted by molar-refractivity contribution is -0.104. The first kappa shape index (κ1) is 24.6. The lowest BCUT2D eigenvalue weighted by Crippen LogP contribution is -2.38. The Hall–Kier alpha value is -3.68. The van der Waals surface area contributed by atoms with Gasteiger partial charge in [-0.05, 0) is 74.0 Å². The summed E-state index contributed by atoms with van der Waals surface area (Å²) in [5.41, 5.74) is 12.1. The molecule has 0 unspecified atom stereocenters. The number of aldehydes is 1. The number of allylic oxidation sites excluding steroid dienone is 3. The maximum Gasteiger partial charge on any atom is 0.213 e. The summed E-state index contributed by atoms with van der Waals surface area (Å²) in [5, 5.41) is 0.879. The van der Waals surface area contributed by atoms with Crippen LogP contribution in [0.5, 0.6) is 5.88 Å². The maximum atomic E-state index is 10.7. The molecular weight excluding hydrogens is 476 g/mol. The molecule has 3 aromatic heterocycles. The SMILES string of the molecule is CC1CC(Oc2ccc(-c3c(C4=CCC5(CC4)CCN(C=CC=O)CC5)n(C)c4ncnc(N)c34)cn2)C1. The summed E-state index contributed by atoms with van der Waals surface area (Å²) in [5.74, 6) is 1.89. The van der Waals surface area contributed by atoms with Gasteiger partial charge in [-0.15, -0.1) is 0 Å². The van der Waals surface area contributed by atoms with E-state index in [0.717, 1.165) is 98.1 Å². The number of rotatable bonds is 6. The number of hydrogen-bond acceptors (Lipinski definition) is 7. The van der Waals surface area contributed by atoms with Gasteiger partial charge in [0.2, 0.25) is 5.88 Å². The first-order valence-corrected chi connectivity index (χ1v) is 13.7. The van der Waals surface area contributed by atoms with Crippen LogP contribution < -0.4 is 10.5 Å². The van der Waals surface area contributed by atoms with Crippen molar-refractivity contribution in [3.63, 3.8) is 0 Å². The van der Waals surface area contributed by atoms with Crippen LogP contribution in [0, 0.1) is 11.3 Å². The largest absolute Gasteiger partial charge is 0.474 e. The number of aromatic nitrogens is 4. The summed E-state index contributed by atoms with van der Waals surface area (Å²) in [7, 11) is 2.07. The number of ether oxygens (including phenoxy) is 1. The van der Waals surface area contributed by atoms with Crippen molar-refractivity contribution in [1.82, 2.24) is 24.4 Å². The van der Waals surface area contributed by atoms with Crippen LogP contribution in [0.2, 0.25) is 0 Å². The second kappa shape index (κ2) is 9.89. The third kappa shape index (κ3) is 4.46. The standard InChI is InChI=1S/C30H36N6O2/c1-20-16-23(17-20)38-24-5-4-22(18-32-24)25-26-28(31)33-19-34-29(26)35(2)27(25)21-6-8-30(9-7-21)10-13-36(14-11-30)12-3-15-37/h3-6,12,15,18-20,23H,7-11,13-14,16-17H2,1-2H3,(H2,31,33,34). The molecule has 2 fully saturated rings. The Balaban J connectivity index is 1.31. The molecule has 8 heteroatoms. The Bertz CT molecular complexity index is 1390. The molecule has 1 saturated heterocycles. The minimum absolute atomic E-state index is 0.271.